The van der Waals surface area contributed by atoms with Crippen LogP contribution in [-0.2, 0) is 0 Å². The molecule has 0 aliphatic heterocycles. The van der Waals surface area contributed by atoms with Gasteiger partial charge in [-0.25, -0.2) is 0 Å². The van der Waals surface area contributed by atoms with Gasteiger partial charge in [-0.3, -0.25) is 0 Å². The lowest BCUT2D eigenvalue weighted by molar-refractivity contribution is 0.148. The van der Waals surface area contributed by atoms with Crippen LogP contribution in [0.2, 0.25) is 0 Å². The average Bonchev–Trinajstić information content (AvgIpc) is 2.88. The van der Waals surface area contributed by atoms with Gasteiger partial charge >= 0.3 is 0 Å². The summed E-state index contributed by atoms with van der Waals surface area (Å²) in [5, 5.41) is 9.27. The third kappa shape index (κ3) is 1.14. The van der Waals surface area contributed by atoms with Crippen LogP contribution in [0.3, 0.4) is 0 Å². The maximum absolute atomic E-state index is 9.27. The van der Waals surface area contributed by atoms with E-state index < -0.39 is 0 Å². The Morgan fingerprint density at radius 3 is 2.64 bits per heavy atom. The molecule has 0 aromatic heterocycles. The van der Waals surface area contributed by atoms with Crippen LogP contribution in [0.1, 0.15) is 19.3 Å². The van der Waals surface area contributed by atoms with Gasteiger partial charge in [-0.2, -0.15) is 0 Å². The molecule has 0 bridgehead atoms. The molecular formula is C10H14O. The molecule has 0 aromatic rings. The van der Waals surface area contributed by atoms with E-state index in [0.29, 0.717) is 6.61 Å². The van der Waals surface area contributed by atoms with E-state index in [0.717, 1.165) is 12.3 Å². The number of allylic oxidation sites excluding steroid dienone is 3. The first-order chi connectivity index (χ1) is 5.37. The zero-order valence-corrected chi connectivity index (χ0v) is 6.66. The molecule has 1 nitrogen and oxygen atoms in total. The molecule has 1 atom stereocenters. The first-order valence-electron chi connectivity index (χ1n) is 4.33. The van der Waals surface area contributed by atoms with E-state index >= 15 is 0 Å². The fourth-order valence-electron chi connectivity index (χ4n) is 1.89. The van der Waals surface area contributed by atoms with Gasteiger partial charge in [0.1, 0.15) is 0 Å². The molecule has 0 saturated heterocycles. The van der Waals surface area contributed by atoms with Crippen LogP contribution in [0.25, 0.3) is 0 Å². The molecule has 2 rings (SSSR count). The zero-order valence-electron chi connectivity index (χ0n) is 6.66. The van der Waals surface area contributed by atoms with Gasteiger partial charge in [-0.15, -0.1) is 0 Å². The third-order valence-corrected chi connectivity index (χ3v) is 2.86. The number of aliphatic hydroxyl groups is 1. The number of hydrogen-bond acceptors (Lipinski definition) is 1. The number of rotatable bonds is 2. The van der Waals surface area contributed by atoms with Crippen molar-refractivity contribution in [1.29, 1.82) is 0 Å². The van der Waals surface area contributed by atoms with Crippen LogP contribution in [-0.4, -0.2) is 11.7 Å². The quantitative estimate of drug-likeness (QED) is 0.637. The largest absolute Gasteiger partial charge is 0.395 e. The minimum atomic E-state index is 0.120. The molecule has 0 aromatic carbocycles. The molecule has 1 saturated carbocycles. The normalized spacial score (nSPS) is 36.1. The summed E-state index contributed by atoms with van der Waals surface area (Å²) in [6, 6.07) is 0. The summed E-state index contributed by atoms with van der Waals surface area (Å²) in [6.07, 6.45) is 12.1. The molecular weight excluding hydrogens is 136 g/mol. The Kier molecular flexibility index (Phi) is 1.61. The predicted octanol–water partition coefficient (Wildman–Crippen LogP) is 1.89. The lowest BCUT2D eigenvalue weighted by Gasteiger charge is -2.28. The van der Waals surface area contributed by atoms with Crippen molar-refractivity contribution in [3.05, 3.63) is 24.3 Å². The van der Waals surface area contributed by atoms with E-state index in [1.165, 1.54) is 12.8 Å². The molecule has 11 heavy (non-hydrogen) atoms. The van der Waals surface area contributed by atoms with Gasteiger partial charge in [-0.1, -0.05) is 24.3 Å². The zero-order chi connectivity index (χ0) is 7.73. The van der Waals surface area contributed by atoms with Crippen molar-refractivity contribution in [3.8, 4) is 0 Å². The predicted molar refractivity (Wildman–Crippen MR) is 45.1 cm³/mol. The Morgan fingerprint density at radius 2 is 2.18 bits per heavy atom. The van der Waals surface area contributed by atoms with Crippen LogP contribution in [0.5, 0.6) is 0 Å². The number of hydrogen-bond donors (Lipinski definition) is 1. The van der Waals surface area contributed by atoms with E-state index in [2.05, 4.69) is 24.3 Å². The summed E-state index contributed by atoms with van der Waals surface area (Å²) in [6.45, 7) is 0.318. The molecule has 0 spiro atoms. The topological polar surface area (TPSA) is 20.2 Å². The first kappa shape index (κ1) is 7.11. The van der Waals surface area contributed by atoms with Crippen molar-refractivity contribution in [2.45, 2.75) is 19.3 Å². The maximum atomic E-state index is 9.27. The lowest BCUT2D eigenvalue weighted by atomic mass is 9.78. The molecule has 0 amide bonds. The van der Waals surface area contributed by atoms with Crippen LogP contribution in [0, 0.1) is 11.3 Å². The molecule has 1 N–H and O–H groups in total. The first-order valence-corrected chi connectivity index (χ1v) is 4.33. The van der Waals surface area contributed by atoms with Gasteiger partial charge in [0.2, 0.25) is 0 Å². The average molecular weight is 150 g/mol. The van der Waals surface area contributed by atoms with Crippen molar-refractivity contribution in [2.24, 2.45) is 11.3 Å². The van der Waals surface area contributed by atoms with Crippen LogP contribution in [0.15, 0.2) is 24.3 Å². The summed E-state index contributed by atoms with van der Waals surface area (Å²) >= 11 is 0. The summed E-state index contributed by atoms with van der Waals surface area (Å²) in [4.78, 5) is 0. The summed E-state index contributed by atoms with van der Waals surface area (Å²) in [7, 11) is 0. The van der Waals surface area contributed by atoms with E-state index in [4.69, 9.17) is 0 Å². The molecule has 0 heterocycles. The molecule has 2 aliphatic rings. The Bertz CT molecular complexity index is 201. The highest BCUT2D eigenvalue weighted by atomic mass is 16.3. The van der Waals surface area contributed by atoms with E-state index in [1.54, 1.807) is 0 Å². The molecule has 0 radical (unpaired) electrons. The third-order valence-electron chi connectivity index (χ3n) is 2.86. The standard InChI is InChI=1S/C10H14O/c11-8-10(9-4-5-9)6-2-1-3-7-10/h1-3,6,9,11H,4-5,7-8H2/t10-/m1/s1. The van der Waals surface area contributed by atoms with Gasteiger partial charge < -0.3 is 5.11 Å². The van der Waals surface area contributed by atoms with Gasteiger partial charge in [0.15, 0.2) is 0 Å². The Hall–Kier alpha value is -0.560. The highest BCUT2D eigenvalue weighted by Gasteiger charge is 2.42. The van der Waals surface area contributed by atoms with Crippen molar-refractivity contribution < 1.29 is 5.11 Å². The van der Waals surface area contributed by atoms with E-state index in [9.17, 15) is 5.11 Å². The van der Waals surface area contributed by atoms with Gasteiger partial charge in [-0.05, 0) is 25.2 Å². The second-order valence-electron chi connectivity index (χ2n) is 3.66. The smallest absolute Gasteiger partial charge is 0.0527 e. The Labute approximate surface area is 67.4 Å². The summed E-state index contributed by atoms with van der Waals surface area (Å²) < 4.78 is 0. The molecule has 0 unspecified atom stereocenters. The lowest BCUT2D eigenvalue weighted by Crippen LogP contribution is -2.25. The van der Waals surface area contributed by atoms with E-state index in [-0.39, 0.29) is 5.41 Å². The van der Waals surface area contributed by atoms with Gasteiger partial charge in [0.05, 0.1) is 6.61 Å². The van der Waals surface area contributed by atoms with Crippen molar-refractivity contribution in [3.63, 3.8) is 0 Å². The SMILES string of the molecule is OC[C@@]1(C2CC2)C=CC=CC1. The van der Waals surface area contributed by atoms with Crippen molar-refractivity contribution in [1.82, 2.24) is 0 Å². The van der Waals surface area contributed by atoms with Crippen molar-refractivity contribution in [2.75, 3.05) is 6.61 Å². The molecule has 1 heteroatoms. The van der Waals surface area contributed by atoms with Crippen molar-refractivity contribution >= 4 is 0 Å². The fraction of sp³-hybridized carbons (Fsp3) is 0.600. The second kappa shape index (κ2) is 2.49. The summed E-state index contributed by atoms with van der Waals surface area (Å²) in [5.74, 6) is 0.758. The summed E-state index contributed by atoms with van der Waals surface area (Å²) in [5.41, 5.74) is 0.120. The van der Waals surface area contributed by atoms with Crippen LogP contribution < -0.4 is 0 Å². The molecule has 60 valence electrons. The second-order valence-corrected chi connectivity index (χ2v) is 3.66. The fourth-order valence-corrected chi connectivity index (χ4v) is 1.89. The maximum Gasteiger partial charge on any atom is 0.0527 e. The number of aliphatic hydroxyl groups excluding tert-OH is 1. The minimum Gasteiger partial charge on any atom is -0.395 e. The highest BCUT2D eigenvalue weighted by Crippen LogP contribution is 2.49. The molecule has 1 fully saturated rings. The van der Waals surface area contributed by atoms with Crippen LogP contribution >= 0.6 is 0 Å². The highest BCUT2D eigenvalue weighted by molar-refractivity contribution is 5.19. The van der Waals surface area contributed by atoms with Crippen LogP contribution in [0.4, 0.5) is 0 Å². The monoisotopic (exact) mass is 150 g/mol. The Morgan fingerprint density at radius 1 is 1.36 bits per heavy atom. The minimum absolute atomic E-state index is 0.120. The van der Waals surface area contributed by atoms with Gasteiger partial charge in [0, 0.05) is 5.41 Å². The Balaban J connectivity index is 2.15. The van der Waals surface area contributed by atoms with E-state index in [1.807, 2.05) is 0 Å². The molecule has 2 aliphatic carbocycles. The van der Waals surface area contributed by atoms with Gasteiger partial charge in [0.25, 0.3) is 0 Å².